The summed E-state index contributed by atoms with van der Waals surface area (Å²) in [7, 11) is 0. The topological polar surface area (TPSA) is 59.9 Å². The highest BCUT2D eigenvalue weighted by molar-refractivity contribution is 5.91. The molecule has 0 heterocycles. The first-order valence-corrected chi connectivity index (χ1v) is 8.66. The summed E-state index contributed by atoms with van der Waals surface area (Å²) in [6.07, 6.45) is 1.51. The SMILES string of the molecule is O=C(CON=Cc1ccc(OCc2cccc(F)c2)cc1)Nc1ccccc1. The number of amides is 1. The van der Waals surface area contributed by atoms with Crippen molar-refractivity contribution in [1.82, 2.24) is 0 Å². The average molecular weight is 378 g/mol. The van der Waals surface area contributed by atoms with Gasteiger partial charge in [0.1, 0.15) is 18.2 Å². The predicted octanol–water partition coefficient (Wildman–Crippen LogP) is 4.39. The molecule has 1 amide bonds. The van der Waals surface area contributed by atoms with Gasteiger partial charge in [0.05, 0.1) is 6.21 Å². The van der Waals surface area contributed by atoms with E-state index >= 15 is 0 Å². The summed E-state index contributed by atoms with van der Waals surface area (Å²) in [5.41, 5.74) is 2.25. The van der Waals surface area contributed by atoms with E-state index in [4.69, 9.17) is 9.57 Å². The molecule has 6 heteroatoms. The van der Waals surface area contributed by atoms with Crippen LogP contribution in [-0.4, -0.2) is 18.7 Å². The number of halogens is 1. The number of ether oxygens (including phenoxy) is 1. The van der Waals surface area contributed by atoms with Crippen LogP contribution < -0.4 is 10.1 Å². The lowest BCUT2D eigenvalue weighted by Gasteiger charge is -2.06. The molecule has 0 unspecified atom stereocenters. The van der Waals surface area contributed by atoms with Crippen molar-refractivity contribution in [2.45, 2.75) is 6.61 Å². The average Bonchev–Trinajstić information content (AvgIpc) is 2.71. The molecule has 0 radical (unpaired) electrons. The molecule has 0 bridgehead atoms. The van der Waals surface area contributed by atoms with Crippen LogP contribution in [0.5, 0.6) is 5.75 Å². The number of oxime groups is 1. The number of hydrogen-bond acceptors (Lipinski definition) is 4. The molecule has 3 rings (SSSR count). The molecule has 3 aromatic carbocycles. The Balaban J connectivity index is 1.41. The standard InChI is InChI=1S/C22H19FN2O3/c23-19-6-4-5-18(13-19)15-27-21-11-9-17(10-12-21)14-24-28-16-22(26)25-20-7-2-1-3-8-20/h1-14H,15-16H2,(H,25,26). The minimum absolute atomic E-state index is 0.180. The summed E-state index contributed by atoms with van der Waals surface area (Å²) >= 11 is 0. The van der Waals surface area contributed by atoms with Crippen molar-refractivity contribution in [3.63, 3.8) is 0 Å². The third-order valence-electron chi connectivity index (χ3n) is 3.70. The Morgan fingerprint density at radius 3 is 2.54 bits per heavy atom. The molecule has 28 heavy (non-hydrogen) atoms. The number of carbonyl (C=O) groups is 1. The zero-order valence-electron chi connectivity index (χ0n) is 15.0. The molecular formula is C22H19FN2O3. The lowest BCUT2D eigenvalue weighted by Crippen LogP contribution is -2.16. The van der Waals surface area contributed by atoms with Crippen molar-refractivity contribution in [3.05, 3.63) is 95.8 Å². The first-order valence-electron chi connectivity index (χ1n) is 8.66. The molecule has 0 atom stereocenters. The monoisotopic (exact) mass is 378 g/mol. The van der Waals surface area contributed by atoms with Gasteiger partial charge in [0.25, 0.3) is 5.91 Å². The molecule has 142 valence electrons. The maximum Gasteiger partial charge on any atom is 0.265 e. The zero-order chi connectivity index (χ0) is 19.6. The van der Waals surface area contributed by atoms with E-state index in [-0.39, 0.29) is 24.9 Å². The smallest absolute Gasteiger partial charge is 0.265 e. The third kappa shape index (κ3) is 6.25. The van der Waals surface area contributed by atoms with E-state index in [9.17, 15) is 9.18 Å². The summed E-state index contributed by atoms with van der Waals surface area (Å²) in [4.78, 5) is 16.7. The van der Waals surface area contributed by atoms with Crippen LogP contribution in [0.25, 0.3) is 0 Å². The van der Waals surface area contributed by atoms with Crippen molar-refractivity contribution in [2.24, 2.45) is 5.16 Å². The first-order chi connectivity index (χ1) is 13.7. The van der Waals surface area contributed by atoms with Gasteiger partial charge >= 0.3 is 0 Å². The van der Waals surface area contributed by atoms with Crippen molar-refractivity contribution in [2.75, 3.05) is 11.9 Å². The van der Waals surface area contributed by atoms with E-state index in [2.05, 4.69) is 10.5 Å². The molecular weight excluding hydrogens is 359 g/mol. The Bertz CT molecular complexity index is 928. The number of para-hydroxylation sites is 1. The van der Waals surface area contributed by atoms with Crippen LogP contribution in [0.2, 0.25) is 0 Å². The second kappa shape index (κ2) is 9.87. The molecule has 0 saturated heterocycles. The highest BCUT2D eigenvalue weighted by atomic mass is 19.1. The predicted molar refractivity (Wildman–Crippen MR) is 106 cm³/mol. The minimum Gasteiger partial charge on any atom is -0.489 e. The molecule has 0 aliphatic rings. The van der Waals surface area contributed by atoms with E-state index in [1.807, 2.05) is 18.2 Å². The van der Waals surface area contributed by atoms with Crippen LogP contribution >= 0.6 is 0 Å². The van der Waals surface area contributed by atoms with Crippen LogP contribution in [0.4, 0.5) is 10.1 Å². The maximum absolute atomic E-state index is 13.1. The van der Waals surface area contributed by atoms with Gasteiger partial charge in [-0.2, -0.15) is 0 Å². The second-order valence-electron chi connectivity index (χ2n) is 5.91. The Labute approximate surface area is 162 Å². The van der Waals surface area contributed by atoms with Crippen LogP contribution in [-0.2, 0) is 16.2 Å². The number of carbonyl (C=O) groups excluding carboxylic acids is 1. The third-order valence-corrected chi connectivity index (χ3v) is 3.70. The Kier molecular flexibility index (Phi) is 6.73. The van der Waals surface area contributed by atoms with Crippen LogP contribution in [0, 0.1) is 5.82 Å². The summed E-state index contributed by atoms with van der Waals surface area (Å²) in [6, 6.07) is 22.6. The van der Waals surface area contributed by atoms with Gasteiger partial charge in [0.15, 0.2) is 6.61 Å². The van der Waals surface area contributed by atoms with Crippen molar-refractivity contribution in [3.8, 4) is 5.75 Å². The van der Waals surface area contributed by atoms with E-state index in [1.165, 1.54) is 18.3 Å². The summed E-state index contributed by atoms with van der Waals surface area (Å²) in [5.74, 6) is 0.0825. The van der Waals surface area contributed by atoms with Gasteiger partial charge in [0, 0.05) is 5.69 Å². The van der Waals surface area contributed by atoms with Crippen LogP contribution in [0.15, 0.2) is 84.0 Å². The molecule has 0 spiro atoms. The van der Waals surface area contributed by atoms with Crippen LogP contribution in [0.3, 0.4) is 0 Å². The zero-order valence-corrected chi connectivity index (χ0v) is 15.0. The maximum atomic E-state index is 13.1. The number of nitrogens with one attached hydrogen (secondary N) is 1. The first kappa shape index (κ1) is 19.1. The van der Waals surface area contributed by atoms with E-state index < -0.39 is 0 Å². The normalized spacial score (nSPS) is 10.6. The van der Waals surface area contributed by atoms with Crippen molar-refractivity contribution < 1.29 is 18.8 Å². The summed E-state index contributed by atoms with van der Waals surface area (Å²) in [5, 5.41) is 6.49. The van der Waals surface area contributed by atoms with Gasteiger partial charge in [-0.1, -0.05) is 35.5 Å². The molecule has 3 aromatic rings. The number of benzene rings is 3. The molecule has 0 saturated carbocycles. The summed E-state index contributed by atoms with van der Waals surface area (Å²) in [6.45, 7) is 0.102. The highest BCUT2D eigenvalue weighted by Gasteiger charge is 2.02. The molecule has 0 aliphatic carbocycles. The lowest BCUT2D eigenvalue weighted by molar-refractivity contribution is -0.120. The lowest BCUT2D eigenvalue weighted by atomic mass is 10.2. The van der Waals surface area contributed by atoms with Gasteiger partial charge in [-0.25, -0.2) is 4.39 Å². The van der Waals surface area contributed by atoms with Gasteiger partial charge in [-0.15, -0.1) is 0 Å². The van der Waals surface area contributed by atoms with Gasteiger partial charge in [0.2, 0.25) is 0 Å². The van der Waals surface area contributed by atoms with Gasteiger partial charge in [-0.3, -0.25) is 4.79 Å². The minimum atomic E-state index is -0.288. The van der Waals surface area contributed by atoms with Crippen LogP contribution in [0.1, 0.15) is 11.1 Å². The van der Waals surface area contributed by atoms with Gasteiger partial charge in [-0.05, 0) is 59.7 Å². The van der Waals surface area contributed by atoms with Crippen molar-refractivity contribution >= 4 is 17.8 Å². The fraction of sp³-hybridized carbons (Fsp3) is 0.0909. The van der Waals surface area contributed by atoms with Crippen molar-refractivity contribution in [1.29, 1.82) is 0 Å². The molecule has 1 N–H and O–H groups in total. The summed E-state index contributed by atoms with van der Waals surface area (Å²) < 4.78 is 18.8. The fourth-order valence-electron chi connectivity index (χ4n) is 2.36. The van der Waals surface area contributed by atoms with E-state index in [0.717, 1.165) is 11.1 Å². The fourth-order valence-corrected chi connectivity index (χ4v) is 2.36. The van der Waals surface area contributed by atoms with E-state index in [1.54, 1.807) is 48.5 Å². The largest absolute Gasteiger partial charge is 0.489 e. The number of anilines is 1. The molecule has 0 aromatic heterocycles. The molecule has 0 aliphatic heterocycles. The molecule has 0 fully saturated rings. The Morgan fingerprint density at radius 1 is 1.00 bits per heavy atom. The van der Waals surface area contributed by atoms with Gasteiger partial charge < -0.3 is 14.9 Å². The highest BCUT2D eigenvalue weighted by Crippen LogP contribution is 2.14. The number of hydrogen-bond donors (Lipinski definition) is 1. The number of nitrogens with zero attached hydrogens (tertiary/aromatic N) is 1. The van der Waals surface area contributed by atoms with E-state index in [0.29, 0.717) is 11.4 Å². The second-order valence-corrected chi connectivity index (χ2v) is 5.91. The quantitative estimate of drug-likeness (QED) is 0.467. The Hall–Kier alpha value is -3.67. The molecule has 5 nitrogen and oxygen atoms in total. The number of rotatable bonds is 8. The Morgan fingerprint density at radius 2 is 1.79 bits per heavy atom.